The van der Waals surface area contributed by atoms with E-state index in [1.807, 2.05) is 6.08 Å². The molecule has 2 aliphatic rings. The van der Waals surface area contributed by atoms with Crippen molar-refractivity contribution in [3.05, 3.63) is 12.7 Å². The van der Waals surface area contributed by atoms with E-state index < -0.39 is 0 Å². The molecule has 2 rings (SSSR count). The maximum atomic E-state index is 5.67. The SMILES string of the molecule is C=CCN1CCC(NC(=NCCOCC2CCCO2)NCC)CC1. The molecule has 6 nitrogen and oxygen atoms in total. The first-order chi connectivity index (χ1) is 11.8. The van der Waals surface area contributed by atoms with Crippen molar-refractivity contribution in [2.75, 3.05) is 52.5 Å². The van der Waals surface area contributed by atoms with Gasteiger partial charge in [0.15, 0.2) is 5.96 Å². The summed E-state index contributed by atoms with van der Waals surface area (Å²) in [5.74, 6) is 0.903. The van der Waals surface area contributed by atoms with Crippen molar-refractivity contribution >= 4 is 5.96 Å². The molecule has 0 aromatic heterocycles. The molecule has 0 aliphatic carbocycles. The second-order valence-corrected chi connectivity index (χ2v) is 6.48. The van der Waals surface area contributed by atoms with Gasteiger partial charge in [-0.2, -0.15) is 0 Å². The number of guanidine groups is 1. The molecule has 0 spiro atoms. The van der Waals surface area contributed by atoms with Crippen LogP contribution in [0.4, 0.5) is 0 Å². The van der Waals surface area contributed by atoms with Gasteiger partial charge < -0.3 is 20.1 Å². The Labute approximate surface area is 146 Å². The van der Waals surface area contributed by atoms with Crippen LogP contribution in [0.3, 0.4) is 0 Å². The number of nitrogens with one attached hydrogen (secondary N) is 2. The molecule has 0 bridgehead atoms. The molecule has 2 fully saturated rings. The molecular formula is C18H34N4O2. The molecule has 138 valence electrons. The molecule has 0 aromatic rings. The van der Waals surface area contributed by atoms with Gasteiger partial charge in [0.2, 0.25) is 0 Å². The molecular weight excluding hydrogens is 304 g/mol. The summed E-state index contributed by atoms with van der Waals surface area (Å²) in [7, 11) is 0. The summed E-state index contributed by atoms with van der Waals surface area (Å²) >= 11 is 0. The van der Waals surface area contributed by atoms with Gasteiger partial charge in [-0.05, 0) is 32.6 Å². The van der Waals surface area contributed by atoms with E-state index in [4.69, 9.17) is 9.47 Å². The lowest BCUT2D eigenvalue weighted by atomic mass is 10.1. The Bertz CT molecular complexity index is 375. The van der Waals surface area contributed by atoms with E-state index >= 15 is 0 Å². The van der Waals surface area contributed by atoms with E-state index in [9.17, 15) is 0 Å². The van der Waals surface area contributed by atoms with Crippen LogP contribution < -0.4 is 10.6 Å². The number of aliphatic imine (C=N–C) groups is 1. The van der Waals surface area contributed by atoms with E-state index in [2.05, 4.69) is 34.0 Å². The quantitative estimate of drug-likeness (QED) is 0.288. The van der Waals surface area contributed by atoms with E-state index in [1.165, 1.54) is 0 Å². The van der Waals surface area contributed by atoms with E-state index in [0.717, 1.165) is 64.4 Å². The molecule has 0 radical (unpaired) electrons. The van der Waals surface area contributed by atoms with Crippen LogP contribution in [0.2, 0.25) is 0 Å². The molecule has 6 heteroatoms. The van der Waals surface area contributed by atoms with Gasteiger partial charge in [0.1, 0.15) is 0 Å². The average Bonchev–Trinajstić information content (AvgIpc) is 3.10. The van der Waals surface area contributed by atoms with Crippen LogP contribution in [0.25, 0.3) is 0 Å². The molecule has 2 saturated heterocycles. The topological polar surface area (TPSA) is 58.1 Å². The second-order valence-electron chi connectivity index (χ2n) is 6.48. The van der Waals surface area contributed by atoms with Gasteiger partial charge >= 0.3 is 0 Å². The lowest BCUT2D eigenvalue weighted by Crippen LogP contribution is -2.48. The van der Waals surface area contributed by atoms with E-state index in [0.29, 0.717) is 31.9 Å². The van der Waals surface area contributed by atoms with Crippen LogP contribution in [0.1, 0.15) is 32.6 Å². The fraction of sp³-hybridized carbons (Fsp3) is 0.833. The van der Waals surface area contributed by atoms with Crippen molar-refractivity contribution in [2.24, 2.45) is 4.99 Å². The molecule has 1 unspecified atom stereocenters. The van der Waals surface area contributed by atoms with Crippen LogP contribution in [0.5, 0.6) is 0 Å². The highest BCUT2D eigenvalue weighted by Crippen LogP contribution is 2.12. The van der Waals surface area contributed by atoms with Gasteiger partial charge in [-0.15, -0.1) is 6.58 Å². The number of piperidine rings is 1. The predicted octanol–water partition coefficient (Wildman–Crippen LogP) is 1.39. The van der Waals surface area contributed by atoms with Crippen LogP contribution in [0.15, 0.2) is 17.6 Å². The van der Waals surface area contributed by atoms with Crippen molar-refractivity contribution in [2.45, 2.75) is 44.8 Å². The number of hydrogen-bond acceptors (Lipinski definition) is 4. The summed E-state index contributed by atoms with van der Waals surface area (Å²) in [6, 6.07) is 0.497. The van der Waals surface area contributed by atoms with Gasteiger partial charge in [-0.3, -0.25) is 9.89 Å². The predicted molar refractivity (Wildman–Crippen MR) is 98.6 cm³/mol. The third-order valence-electron chi connectivity index (χ3n) is 4.49. The Morgan fingerprint density at radius 1 is 1.38 bits per heavy atom. The molecule has 0 amide bonds. The van der Waals surface area contributed by atoms with Crippen molar-refractivity contribution in [3.63, 3.8) is 0 Å². The Morgan fingerprint density at radius 2 is 2.21 bits per heavy atom. The molecule has 0 saturated carbocycles. The maximum Gasteiger partial charge on any atom is 0.191 e. The third kappa shape index (κ3) is 7.20. The van der Waals surface area contributed by atoms with Gasteiger partial charge in [0.05, 0.1) is 25.9 Å². The smallest absolute Gasteiger partial charge is 0.191 e. The third-order valence-corrected chi connectivity index (χ3v) is 4.49. The zero-order valence-corrected chi connectivity index (χ0v) is 15.1. The number of rotatable bonds is 9. The van der Waals surface area contributed by atoms with E-state index in [-0.39, 0.29) is 0 Å². The number of likely N-dealkylation sites (tertiary alicyclic amines) is 1. The Hall–Kier alpha value is -1.11. The largest absolute Gasteiger partial charge is 0.377 e. The summed E-state index contributed by atoms with van der Waals surface area (Å²) in [6.07, 6.45) is 6.85. The van der Waals surface area contributed by atoms with Gasteiger partial charge in [0.25, 0.3) is 0 Å². The first-order valence-electron chi connectivity index (χ1n) is 9.39. The Kier molecular flexibility index (Phi) is 9.16. The van der Waals surface area contributed by atoms with Crippen LogP contribution in [0, 0.1) is 0 Å². The lowest BCUT2D eigenvalue weighted by molar-refractivity contribution is 0.0200. The van der Waals surface area contributed by atoms with Gasteiger partial charge in [0, 0.05) is 38.8 Å². The minimum Gasteiger partial charge on any atom is -0.377 e. The van der Waals surface area contributed by atoms with Crippen molar-refractivity contribution in [3.8, 4) is 0 Å². The lowest BCUT2D eigenvalue weighted by Gasteiger charge is -2.32. The van der Waals surface area contributed by atoms with Gasteiger partial charge in [-0.25, -0.2) is 0 Å². The van der Waals surface area contributed by atoms with Crippen molar-refractivity contribution < 1.29 is 9.47 Å². The Morgan fingerprint density at radius 3 is 2.88 bits per heavy atom. The zero-order valence-electron chi connectivity index (χ0n) is 15.1. The van der Waals surface area contributed by atoms with Crippen molar-refractivity contribution in [1.82, 2.24) is 15.5 Å². The second kappa shape index (κ2) is 11.4. The highest BCUT2D eigenvalue weighted by molar-refractivity contribution is 5.80. The minimum atomic E-state index is 0.293. The van der Waals surface area contributed by atoms with Crippen LogP contribution in [-0.4, -0.2) is 75.5 Å². The van der Waals surface area contributed by atoms with Gasteiger partial charge in [-0.1, -0.05) is 6.08 Å². The number of hydrogen-bond donors (Lipinski definition) is 2. The number of nitrogens with zero attached hydrogens (tertiary/aromatic N) is 2. The van der Waals surface area contributed by atoms with Crippen LogP contribution >= 0.6 is 0 Å². The maximum absolute atomic E-state index is 5.67. The molecule has 24 heavy (non-hydrogen) atoms. The van der Waals surface area contributed by atoms with E-state index in [1.54, 1.807) is 0 Å². The first kappa shape index (κ1) is 19.2. The normalized spacial score (nSPS) is 23.4. The minimum absolute atomic E-state index is 0.293. The fourth-order valence-corrected chi connectivity index (χ4v) is 3.17. The monoisotopic (exact) mass is 338 g/mol. The molecule has 0 aromatic carbocycles. The number of ether oxygens (including phenoxy) is 2. The van der Waals surface area contributed by atoms with Crippen molar-refractivity contribution in [1.29, 1.82) is 0 Å². The summed E-state index contributed by atoms with van der Waals surface area (Å²) in [6.45, 7) is 12.9. The summed E-state index contributed by atoms with van der Waals surface area (Å²) < 4.78 is 11.2. The molecule has 2 heterocycles. The first-order valence-corrected chi connectivity index (χ1v) is 9.39. The highest BCUT2D eigenvalue weighted by atomic mass is 16.5. The summed E-state index contributed by atoms with van der Waals surface area (Å²) in [5, 5.41) is 6.88. The zero-order chi connectivity index (χ0) is 17.0. The molecule has 2 N–H and O–H groups in total. The summed E-state index contributed by atoms with van der Waals surface area (Å²) in [4.78, 5) is 7.06. The average molecular weight is 338 g/mol. The molecule has 2 aliphatic heterocycles. The highest BCUT2D eigenvalue weighted by Gasteiger charge is 2.19. The summed E-state index contributed by atoms with van der Waals surface area (Å²) in [5.41, 5.74) is 0. The standard InChI is InChI=1S/C18H34N4O2/c1-3-10-22-11-7-16(8-12-22)21-18(19-4-2)20-9-14-23-15-17-6-5-13-24-17/h3,16-17H,1,4-15H2,2H3,(H2,19,20,21). The Balaban J connectivity index is 1.63. The molecule has 1 atom stereocenters. The van der Waals surface area contributed by atoms with Crippen LogP contribution in [-0.2, 0) is 9.47 Å². The fourth-order valence-electron chi connectivity index (χ4n) is 3.17.